The molecule has 1 aromatic carbocycles. The van der Waals surface area contributed by atoms with E-state index in [1.807, 2.05) is 0 Å². The van der Waals surface area contributed by atoms with Crippen LogP contribution < -0.4 is 5.32 Å². The Morgan fingerprint density at radius 1 is 1.43 bits per heavy atom. The third-order valence-corrected chi connectivity index (χ3v) is 4.28. The third kappa shape index (κ3) is 2.61. The smallest absolute Gasteiger partial charge is 0.270 e. The number of nitro groups is 1. The van der Waals surface area contributed by atoms with Gasteiger partial charge in [0.2, 0.25) is 0 Å². The Kier molecular flexibility index (Phi) is 3.59. The molecule has 2 fully saturated rings. The number of nitro benzene ring substituents is 1. The first-order chi connectivity index (χ1) is 10.1. The average molecular weight is 293 g/mol. The van der Waals surface area contributed by atoms with E-state index < -0.39 is 16.6 Å². The summed E-state index contributed by atoms with van der Waals surface area (Å²) < 4.78 is 13.8. The second kappa shape index (κ2) is 5.40. The number of hydrogen-bond acceptors (Lipinski definition) is 4. The van der Waals surface area contributed by atoms with Gasteiger partial charge in [-0.15, -0.1) is 0 Å². The second-order valence-electron chi connectivity index (χ2n) is 5.59. The van der Waals surface area contributed by atoms with Crippen LogP contribution in [0, 0.1) is 21.8 Å². The molecule has 2 aliphatic rings. The molecule has 0 aromatic heterocycles. The number of carbonyl (C=O) groups excluding carboxylic acids is 1. The Balaban J connectivity index is 1.82. The first kappa shape index (κ1) is 13.9. The number of nitrogens with zero attached hydrogens (tertiary/aromatic N) is 2. The van der Waals surface area contributed by atoms with Gasteiger partial charge in [-0.2, -0.15) is 0 Å². The van der Waals surface area contributed by atoms with Gasteiger partial charge in [0.1, 0.15) is 5.82 Å². The maximum Gasteiger partial charge on any atom is 0.270 e. The fourth-order valence-corrected chi connectivity index (χ4v) is 3.17. The summed E-state index contributed by atoms with van der Waals surface area (Å²) in [6, 6.07) is 3.32. The van der Waals surface area contributed by atoms with Gasteiger partial charge in [-0.1, -0.05) is 0 Å². The molecular formula is C14H16FN3O3. The van der Waals surface area contributed by atoms with Gasteiger partial charge in [-0.3, -0.25) is 14.9 Å². The van der Waals surface area contributed by atoms with Crippen molar-refractivity contribution in [1.82, 2.24) is 10.2 Å². The van der Waals surface area contributed by atoms with Crippen LogP contribution in [0.3, 0.4) is 0 Å². The molecule has 2 saturated heterocycles. The molecule has 3 rings (SSSR count). The van der Waals surface area contributed by atoms with Gasteiger partial charge in [0.15, 0.2) is 0 Å². The quantitative estimate of drug-likeness (QED) is 0.663. The number of fused-ring (bicyclic) bond motifs is 1. The minimum atomic E-state index is -0.714. The predicted octanol–water partition coefficient (Wildman–Crippen LogP) is 1.56. The van der Waals surface area contributed by atoms with Crippen LogP contribution in [-0.4, -0.2) is 41.4 Å². The highest BCUT2D eigenvalue weighted by atomic mass is 19.1. The van der Waals surface area contributed by atoms with Crippen LogP contribution in [0.1, 0.15) is 23.2 Å². The maximum atomic E-state index is 13.8. The summed E-state index contributed by atoms with van der Waals surface area (Å²) in [7, 11) is 0. The zero-order valence-corrected chi connectivity index (χ0v) is 11.4. The van der Waals surface area contributed by atoms with Crippen LogP contribution in [0.15, 0.2) is 18.2 Å². The van der Waals surface area contributed by atoms with Crippen LogP contribution >= 0.6 is 0 Å². The third-order valence-electron chi connectivity index (χ3n) is 4.28. The van der Waals surface area contributed by atoms with Gasteiger partial charge >= 0.3 is 0 Å². The van der Waals surface area contributed by atoms with Gasteiger partial charge in [0.25, 0.3) is 11.6 Å². The highest BCUT2D eigenvalue weighted by Gasteiger charge is 2.37. The Labute approximate surface area is 121 Å². The van der Waals surface area contributed by atoms with Crippen molar-refractivity contribution in [3.8, 4) is 0 Å². The molecule has 0 aliphatic carbocycles. The summed E-state index contributed by atoms with van der Waals surface area (Å²) >= 11 is 0. The topological polar surface area (TPSA) is 75.5 Å². The molecule has 0 saturated carbocycles. The lowest BCUT2D eigenvalue weighted by Crippen LogP contribution is -2.41. The lowest BCUT2D eigenvalue weighted by molar-refractivity contribution is -0.384. The van der Waals surface area contributed by atoms with Gasteiger partial charge in [0, 0.05) is 31.3 Å². The van der Waals surface area contributed by atoms with Gasteiger partial charge in [-0.05, 0) is 31.4 Å². The van der Waals surface area contributed by atoms with E-state index in [9.17, 15) is 19.3 Å². The predicted molar refractivity (Wildman–Crippen MR) is 73.5 cm³/mol. The molecule has 0 bridgehead atoms. The molecule has 2 heterocycles. The summed E-state index contributed by atoms with van der Waals surface area (Å²) in [5.74, 6) is -0.787. The zero-order chi connectivity index (χ0) is 15.0. The Morgan fingerprint density at radius 3 is 2.95 bits per heavy atom. The number of piperidine rings is 1. The Bertz CT molecular complexity index is 579. The lowest BCUT2D eigenvalue weighted by Gasteiger charge is -2.24. The van der Waals surface area contributed by atoms with Crippen LogP contribution in [0.5, 0.6) is 0 Å². The van der Waals surface area contributed by atoms with Crippen molar-refractivity contribution >= 4 is 11.6 Å². The van der Waals surface area contributed by atoms with Crippen molar-refractivity contribution in [2.75, 3.05) is 19.6 Å². The van der Waals surface area contributed by atoms with Crippen molar-refractivity contribution in [3.63, 3.8) is 0 Å². The van der Waals surface area contributed by atoms with E-state index in [4.69, 9.17) is 0 Å². The van der Waals surface area contributed by atoms with Crippen LogP contribution in [0.2, 0.25) is 0 Å². The molecule has 0 radical (unpaired) electrons. The largest absolute Gasteiger partial charge is 0.337 e. The molecule has 1 N–H and O–H groups in total. The summed E-state index contributed by atoms with van der Waals surface area (Å²) in [5, 5.41) is 14.1. The monoisotopic (exact) mass is 293 g/mol. The Hall–Kier alpha value is -2.02. The SMILES string of the molecule is O=C(c1cc([N+](=O)[O-])ccc1F)N1CC2CCCNC2C1. The zero-order valence-electron chi connectivity index (χ0n) is 11.4. The molecule has 112 valence electrons. The van der Waals surface area contributed by atoms with Crippen molar-refractivity contribution < 1.29 is 14.1 Å². The molecular weight excluding hydrogens is 277 g/mol. The minimum Gasteiger partial charge on any atom is -0.337 e. The average Bonchev–Trinajstić information content (AvgIpc) is 2.90. The maximum absolute atomic E-state index is 13.8. The normalized spacial score (nSPS) is 24.7. The van der Waals surface area contributed by atoms with Crippen molar-refractivity contribution in [2.45, 2.75) is 18.9 Å². The molecule has 1 amide bonds. The number of amides is 1. The van der Waals surface area contributed by atoms with E-state index >= 15 is 0 Å². The number of hydrogen-bond donors (Lipinski definition) is 1. The number of likely N-dealkylation sites (tertiary alicyclic amines) is 1. The van der Waals surface area contributed by atoms with Gasteiger partial charge in [0.05, 0.1) is 10.5 Å². The lowest BCUT2D eigenvalue weighted by atomic mass is 9.94. The molecule has 6 nitrogen and oxygen atoms in total. The van der Waals surface area contributed by atoms with E-state index in [0.717, 1.165) is 37.6 Å². The van der Waals surface area contributed by atoms with Crippen LogP contribution in [0.25, 0.3) is 0 Å². The van der Waals surface area contributed by atoms with Crippen molar-refractivity contribution in [3.05, 3.63) is 39.7 Å². The Morgan fingerprint density at radius 2 is 2.24 bits per heavy atom. The van der Waals surface area contributed by atoms with E-state index in [-0.39, 0.29) is 17.3 Å². The van der Waals surface area contributed by atoms with E-state index in [0.29, 0.717) is 19.0 Å². The fourth-order valence-electron chi connectivity index (χ4n) is 3.17. The summed E-state index contributed by atoms with van der Waals surface area (Å²) in [4.78, 5) is 24.2. The molecule has 1 aromatic rings. The van der Waals surface area contributed by atoms with E-state index in [1.54, 1.807) is 4.90 Å². The summed E-state index contributed by atoms with van der Waals surface area (Å²) in [5.41, 5.74) is -0.489. The molecule has 21 heavy (non-hydrogen) atoms. The summed E-state index contributed by atoms with van der Waals surface area (Å²) in [6.45, 7) is 2.05. The number of non-ortho nitro benzene ring substituents is 1. The van der Waals surface area contributed by atoms with Crippen LogP contribution in [0.4, 0.5) is 10.1 Å². The van der Waals surface area contributed by atoms with Crippen LogP contribution in [-0.2, 0) is 0 Å². The highest BCUT2D eigenvalue weighted by molar-refractivity contribution is 5.95. The number of nitrogens with one attached hydrogen (secondary N) is 1. The van der Waals surface area contributed by atoms with E-state index in [2.05, 4.69) is 5.32 Å². The number of carbonyl (C=O) groups is 1. The molecule has 2 atom stereocenters. The minimum absolute atomic E-state index is 0.220. The van der Waals surface area contributed by atoms with Crippen molar-refractivity contribution in [2.24, 2.45) is 5.92 Å². The number of benzene rings is 1. The standard InChI is InChI=1S/C14H16FN3O3/c15-12-4-3-10(18(20)21)6-11(12)14(19)17-7-9-2-1-5-16-13(9)8-17/h3-4,6,9,13,16H,1-2,5,7-8H2. The van der Waals surface area contributed by atoms with Gasteiger partial charge in [-0.25, -0.2) is 4.39 Å². The second-order valence-corrected chi connectivity index (χ2v) is 5.59. The number of rotatable bonds is 2. The highest BCUT2D eigenvalue weighted by Crippen LogP contribution is 2.27. The molecule has 2 unspecified atom stereocenters. The number of halogens is 1. The summed E-state index contributed by atoms with van der Waals surface area (Å²) in [6.07, 6.45) is 2.13. The van der Waals surface area contributed by atoms with Crippen molar-refractivity contribution in [1.29, 1.82) is 0 Å². The first-order valence-electron chi connectivity index (χ1n) is 7.03. The fraction of sp³-hybridized carbons (Fsp3) is 0.500. The van der Waals surface area contributed by atoms with Gasteiger partial charge < -0.3 is 10.2 Å². The van der Waals surface area contributed by atoms with E-state index in [1.165, 1.54) is 0 Å². The molecule has 7 heteroatoms. The first-order valence-corrected chi connectivity index (χ1v) is 7.03. The molecule has 2 aliphatic heterocycles. The molecule has 0 spiro atoms.